The highest BCUT2D eigenvalue weighted by atomic mass is 32.1. The van der Waals surface area contributed by atoms with Crippen LogP contribution in [0.4, 0.5) is 0 Å². The van der Waals surface area contributed by atoms with Crippen LogP contribution in [0.15, 0.2) is 53.9 Å². The Morgan fingerprint density at radius 3 is 2.46 bits per heavy atom. The van der Waals surface area contributed by atoms with Gasteiger partial charge in [0.05, 0.1) is 6.61 Å². The molecule has 0 saturated carbocycles. The molecular formula is C23H23N3OS. The Hall–Kier alpha value is -2.92. The molecule has 4 aromatic rings. The number of rotatable bonds is 5. The number of ether oxygens (including phenoxy) is 1. The van der Waals surface area contributed by atoms with Crippen LogP contribution in [0.1, 0.15) is 18.1 Å². The topological polar surface area (TPSA) is 39.9 Å². The lowest BCUT2D eigenvalue weighted by atomic mass is 10.1. The predicted octanol–water partition coefficient (Wildman–Crippen LogP) is 5.89. The zero-order valence-electron chi connectivity index (χ0n) is 16.6. The summed E-state index contributed by atoms with van der Waals surface area (Å²) in [6, 6.07) is 16.5. The molecular weight excluding hydrogens is 366 g/mol. The molecule has 0 amide bonds. The average molecular weight is 390 g/mol. The summed E-state index contributed by atoms with van der Waals surface area (Å²) in [5, 5.41) is 6.84. The monoisotopic (exact) mass is 389 g/mol. The summed E-state index contributed by atoms with van der Waals surface area (Å²) < 4.78 is 7.43. The first-order chi connectivity index (χ1) is 13.6. The SMILES string of the molecule is CCOc1ccc(-c2scc(-c3nc(-c4ccccc4C)nn3C)c2C)cc1. The van der Waals surface area contributed by atoms with Crippen LogP contribution < -0.4 is 4.74 Å². The van der Waals surface area contributed by atoms with E-state index in [0.29, 0.717) is 6.61 Å². The van der Waals surface area contributed by atoms with E-state index in [-0.39, 0.29) is 0 Å². The van der Waals surface area contributed by atoms with E-state index in [9.17, 15) is 0 Å². The number of nitrogens with zero attached hydrogens (tertiary/aromatic N) is 3. The number of aromatic nitrogens is 3. The van der Waals surface area contributed by atoms with Crippen molar-refractivity contribution in [2.45, 2.75) is 20.8 Å². The molecule has 4 nitrogen and oxygen atoms in total. The van der Waals surface area contributed by atoms with E-state index in [1.807, 2.05) is 42.9 Å². The zero-order chi connectivity index (χ0) is 19.7. The Morgan fingerprint density at radius 1 is 1.00 bits per heavy atom. The van der Waals surface area contributed by atoms with Crippen molar-refractivity contribution in [3.8, 4) is 39.0 Å². The first-order valence-corrected chi connectivity index (χ1v) is 10.2. The molecule has 5 heteroatoms. The Labute approximate surface area is 169 Å². The quantitative estimate of drug-likeness (QED) is 0.427. The van der Waals surface area contributed by atoms with Crippen molar-refractivity contribution in [2.75, 3.05) is 6.61 Å². The minimum atomic E-state index is 0.677. The van der Waals surface area contributed by atoms with Crippen LogP contribution >= 0.6 is 11.3 Å². The number of benzene rings is 2. The number of aryl methyl sites for hydroxylation is 2. The highest BCUT2D eigenvalue weighted by Gasteiger charge is 2.18. The predicted molar refractivity (Wildman–Crippen MR) is 116 cm³/mol. The summed E-state index contributed by atoms with van der Waals surface area (Å²) in [5.74, 6) is 2.56. The van der Waals surface area contributed by atoms with Crippen LogP contribution in [0.5, 0.6) is 5.75 Å². The number of hydrogen-bond donors (Lipinski definition) is 0. The molecule has 0 aliphatic heterocycles. The van der Waals surface area contributed by atoms with Gasteiger partial charge in [0.1, 0.15) is 5.75 Å². The molecule has 0 saturated heterocycles. The van der Waals surface area contributed by atoms with Gasteiger partial charge in [-0.1, -0.05) is 24.3 Å². The van der Waals surface area contributed by atoms with Gasteiger partial charge >= 0.3 is 0 Å². The highest BCUT2D eigenvalue weighted by molar-refractivity contribution is 7.14. The number of thiophene rings is 1. The summed E-state index contributed by atoms with van der Waals surface area (Å²) in [7, 11) is 1.96. The summed E-state index contributed by atoms with van der Waals surface area (Å²) in [6.07, 6.45) is 0. The first-order valence-electron chi connectivity index (χ1n) is 9.37. The second kappa shape index (κ2) is 7.60. The minimum absolute atomic E-state index is 0.677. The molecule has 142 valence electrons. The normalized spacial score (nSPS) is 11.0. The maximum Gasteiger partial charge on any atom is 0.182 e. The molecule has 4 rings (SSSR count). The molecule has 0 N–H and O–H groups in total. The molecule has 0 aliphatic rings. The van der Waals surface area contributed by atoms with Crippen molar-refractivity contribution in [3.63, 3.8) is 0 Å². The molecule has 0 aliphatic carbocycles. The lowest BCUT2D eigenvalue weighted by Crippen LogP contribution is -1.95. The van der Waals surface area contributed by atoms with Gasteiger partial charge in [-0.2, -0.15) is 5.10 Å². The van der Waals surface area contributed by atoms with Crippen molar-refractivity contribution in [2.24, 2.45) is 7.05 Å². The smallest absolute Gasteiger partial charge is 0.182 e. The van der Waals surface area contributed by atoms with Crippen molar-refractivity contribution < 1.29 is 4.74 Å². The third-order valence-electron chi connectivity index (χ3n) is 4.86. The molecule has 2 heterocycles. The summed E-state index contributed by atoms with van der Waals surface area (Å²) in [4.78, 5) is 6.10. The van der Waals surface area contributed by atoms with E-state index in [2.05, 4.69) is 48.6 Å². The van der Waals surface area contributed by atoms with Crippen LogP contribution in [0.2, 0.25) is 0 Å². The van der Waals surface area contributed by atoms with Crippen molar-refractivity contribution in [1.29, 1.82) is 0 Å². The third kappa shape index (κ3) is 3.34. The maximum absolute atomic E-state index is 5.55. The molecule has 0 atom stereocenters. The molecule has 2 aromatic heterocycles. The van der Waals surface area contributed by atoms with Gasteiger partial charge in [0, 0.05) is 28.4 Å². The Morgan fingerprint density at radius 2 is 1.75 bits per heavy atom. The second-order valence-corrected chi connectivity index (χ2v) is 7.64. The second-order valence-electron chi connectivity index (χ2n) is 6.76. The zero-order valence-corrected chi connectivity index (χ0v) is 17.4. The molecule has 0 bridgehead atoms. The van der Waals surface area contributed by atoms with E-state index in [1.54, 1.807) is 11.3 Å². The molecule has 28 heavy (non-hydrogen) atoms. The number of hydrogen-bond acceptors (Lipinski definition) is 4. The van der Waals surface area contributed by atoms with Crippen molar-refractivity contribution in [3.05, 3.63) is 65.0 Å². The van der Waals surface area contributed by atoms with Crippen LogP contribution in [-0.2, 0) is 7.05 Å². The van der Waals surface area contributed by atoms with Crippen LogP contribution in [0.25, 0.3) is 33.2 Å². The van der Waals surface area contributed by atoms with Gasteiger partial charge in [-0.15, -0.1) is 11.3 Å². The van der Waals surface area contributed by atoms with E-state index >= 15 is 0 Å². The van der Waals surface area contributed by atoms with Crippen LogP contribution in [0.3, 0.4) is 0 Å². The average Bonchev–Trinajstić information content (AvgIpc) is 3.25. The van der Waals surface area contributed by atoms with Crippen molar-refractivity contribution >= 4 is 11.3 Å². The van der Waals surface area contributed by atoms with Gasteiger partial charge in [0.15, 0.2) is 11.6 Å². The van der Waals surface area contributed by atoms with Crippen LogP contribution in [0, 0.1) is 13.8 Å². The first kappa shape index (κ1) is 18.4. The van der Waals surface area contributed by atoms with Gasteiger partial charge in [0.25, 0.3) is 0 Å². The Balaban J connectivity index is 1.71. The lowest BCUT2D eigenvalue weighted by Gasteiger charge is -2.05. The summed E-state index contributed by atoms with van der Waals surface area (Å²) >= 11 is 1.74. The Bertz CT molecular complexity index is 1110. The largest absolute Gasteiger partial charge is 0.494 e. The Kier molecular flexibility index (Phi) is 5.01. The molecule has 0 unspecified atom stereocenters. The molecule has 2 aromatic carbocycles. The fourth-order valence-corrected chi connectivity index (χ4v) is 4.42. The fourth-order valence-electron chi connectivity index (χ4n) is 3.35. The molecule has 0 fully saturated rings. The van der Waals surface area contributed by atoms with Gasteiger partial charge in [-0.3, -0.25) is 0 Å². The molecule has 0 radical (unpaired) electrons. The van der Waals surface area contributed by atoms with E-state index in [1.165, 1.54) is 21.6 Å². The summed E-state index contributed by atoms with van der Waals surface area (Å²) in [5.41, 5.74) is 5.80. The fraction of sp³-hybridized carbons (Fsp3) is 0.217. The van der Waals surface area contributed by atoms with Gasteiger partial charge in [0.2, 0.25) is 0 Å². The van der Waals surface area contributed by atoms with Gasteiger partial charge in [-0.05, 0) is 61.7 Å². The van der Waals surface area contributed by atoms with Gasteiger partial charge in [-0.25, -0.2) is 9.67 Å². The van der Waals surface area contributed by atoms with Crippen LogP contribution in [-0.4, -0.2) is 21.4 Å². The standard InChI is InChI=1S/C23H23N3OS/c1-5-27-18-12-10-17(11-13-18)21-16(3)20(14-28-21)23-24-22(25-26(23)4)19-9-7-6-8-15(19)2/h6-14H,5H2,1-4H3. The van der Waals surface area contributed by atoms with Gasteiger partial charge < -0.3 is 4.74 Å². The van der Waals surface area contributed by atoms with Crippen molar-refractivity contribution in [1.82, 2.24) is 14.8 Å². The van der Waals surface area contributed by atoms with E-state index in [0.717, 1.165) is 28.5 Å². The maximum atomic E-state index is 5.55. The summed E-state index contributed by atoms with van der Waals surface area (Å²) in [6.45, 7) is 6.91. The highest BCUT2D eigenvalue weighted by Crippen LogP contribution is 2.38. The lowest BCUT2D eigenvalue weighted by molar-refractivity contribution is 0.340. The minimum Gasteiger partial charge on any atom is -0.494 e. The van der Waals surface area contributed by atoms with E-state index < -0.39 is 0 Å². The van der Waals surface area contributed by atoms with E-state index in [4.69, 9.17) is 9.72 Å². The third-order valence-corrected chi connectivity index (χ3v) is 5.99. The molecule has 0 spiro atoms.